The molecule has 0 spiro atoms. The number of rotatable bonds is 3. The highest BCUT2D eigenvalue weighted by Gasteiger charge is 2.26. The molecule has 0 N–H and O–H groups in total. The number of amides is 1. The van der Waals surface area contributed by atoms with Gasteiger partial charge in [0.25, 0.3) is 0 Å². The van der Waals surface area contributed by atoms with Gasteiger partial charge >= 0.3 is 12.1 Å². The second-order valence-electron chi connectivity index (χ2n) is 5.84. The standard InChI is InChI=1S/C19H22N2O4/c1-3-24-18(22)17-13-7-5-6-8-15(13)20-16-10-12-21(11-9-14(16)17)19(23)25-4-2/h5-8H,3-4,9-12H2,1-2H3. The van der Waals surface area contributed by atoms with E-state index in [1.807, 2.05) is 24.3 Å². The highest BCUT2D eigenvalue weighted by atomic mass is 16.6. The molecule has 1 aliphatic heterocycles. The van der Waals surface area contributed by atoms with Crippen molar-refractivity contribution in [2.24, 2.45) is 0 Å². The quantitative estimate of drug-likeness (QED) is 0.802. The van der Waals surface area contributed by atoms with E-state index in [-0.39, 0.29) is 12.1 Å². The van der Waals surface area contributed by atoms with E-state index in [0.717, 1.165) is 22.2 Å². The van der Waals surface area contributed by atoms with Crippen LogP contribution >= 0.6 is 0 Å². The molecule has 1 aliphatic rings. The smallest absolute Gasteiger partial charge is 0.409 e. The number of fused-ring (bicyclic) bond motifs is 2. The van der Waals surface area contributed by atoms with Crippen LogP contribution in [0.15, 0.2) is 24.3 Å². The molecule has 1 aromatic heterocycles. The van der Waals surface area contributed by atoms with Gasteiger partial charge in [0.2, 0.25) is 0 Å². The molecular weight excluding hydrogens is 320 g/mol. The van der Waals surface area contributed by atoms with Crippen LogP contribution in [0.3, 0.4) is 0 Å². The van der Waals surface area contributed by atoms with Gasteiger partial charge in [-0.05, 0) is 31.9 Å². The molecule has 0 saturated carbocycles. The Morgan fingerprint density at radius 1 is 1.08 bits per heavy atom. The van der Waals surface area contributed by atoms with Crippen LogP contribution in [-0.4, -0.2) is 48.2 Å². The second-order valence-corrected chi connectivity index (χ2v) is 5.84. The van der Waals surface area contributed by atoms with Gasteiger partial charge in [-0.1, -0.05) is 18.2 Å². The van der Waals surface area contributed by atoms with Gasteiger partial charge in [0, 0.05) is 30.6 Å². The lowest BCUT2D eigenvalue weighted by Crippen LogP contribution is -2.33. The third-order valence-corrected chi connectivity index (χ3v) is 4.33. The van der Waals surface area contributed by atoms with Gasteiger partial charge in [-0.2, -0.15) is 0 Å². The molecule has 6 heteroatoms. The first kappa shape index (κ1) is 17.2. The number of para-hydroxylation sites is 1. The number of hydrogen-bond donors (Lipinski definition) is 0. The summed E-state index contributed by atoms with van der Waals surface area (Å²) in [5.74, 6) is -0.332. The van der Waals surface area contributed by atoms with Crippen molar-refractivity contribution >= 4 is 23.0 Å². The monoisotopic (exact) mass is 342 g/mol. The topological polar surface area (TPSA) is 68.7 Å². The maximum atomic E-state index is 12.6. The predicted molar refractivity (Wildman–Crippen MR) is 93.7 cm³/mol. The molecule has 0 atom stereocenters. The first-order valence-electron chi connectivity index (χ1n) is 8.65. The molecule has 0 unspecified atom stereocenters. The molecular formula is C19H22N2O4. The van der Waals surface area contributed by atoms with Crippen LogP contribution in [0, 0.1) is 0 Å². The highest BCUT2D eigenvalue weighted by Crippen LogP contribution is 2.27. The van der Waals surface area contributed by atoms with E-state index in [1.165, 1.54) is 0 Å². The van der Waals surface area contributed by atoms with Gasteiger partial charge in [0.15, 0.2) is 0 Å². The minimum atomic E-state index is -0.332. The molecule has 1 aromatic carbocycles. The van der Waals surface area contributed by atoms with Crippen LogP contribution in [0.5, 0.6) is 0 Å². The Bertz CT molecular complexity index is 803. The number of hydrogen-bond acceptors (Lipinski definition) is 5. The van der Waals surface area contributed by atoms with Crippen molar-refractivity contribution in [3.05, 3.63) is 41.1 Å². The predicted octanol–water partition coefficient (Wildman–Crippen LogP) is 2.97. The minimum absolute atomic E-state index is 0.319. The first-order chi connectivity index (χ1) is 12.2. The maximum absolute atomic E-state index is 12.6. The minimum Gasteiger partial charge on any atom is -0.462 e. The summed E-state index contributed by atoms with van der Waals surface area (Å²) < 4.78 is 10.4. The lowest BCUT2D eigenvalue weighted by Gasteiger charge is -2.18. The molecule has 0 bridgehead atoms. The third-order valence-electron chi connectivity index (χ3n) is 4.33. The van der Waals surface area contributed by atoms with Crippen molar-refractivity contribution < 1.29 is 19.1 Å². The van der Waals surface area contributed by atoms with Crippen LogP contribution in [0.25, 0.3) is 10.9 Å². The zero-order valence-electron chi connectivity index (χ0n) is 14.6. The molecule has 2 heterocycles. The van der Waals surface area contributed by atoms with Crippen LogP contribution in [-0.2, 0) is 22.3 Å². The molecule has 3 rings (SSSR count). The fourth-order valence-electron chi connectivity index (χ4n) is 3.21. The average Bonchev–Trinajstić information content (AvgIpc) is 2.82. The van der Waals surface area contributed by atoms with E-state index in [9.17, 15) is 9.59 Å². The Balaban J connectivity index is 2.04. The summed E-state index contributed by atoms with van der Waals surface area (Å²) in [5.41, 5.74) is 3.08. The maximum Gasteiger partial charge on any atom is 0.409 e. The summed E-state index contributed by atoms with van der Waals surface area (Å²) in [5, 5.41) is 0.796. The number of aromatic nitrogens is 1. The molecule has 1 amide bonds. The normalized spacial score (nSPS) is 13.9. The Kier molecular flexibility index (Phi) is 5.16. The van der Waals surface area contributed by atoms with Crippen molar-refractivity contribution in [2.75, 3.05) is 26.3 Å². The number of carbonyl (C=O) groups excluding carboxylic acids is 2. The van der Waals surface area contributed by atoms with E-state index in [2.05, 4.69) is 0 Å². The summed E-state index contributed by atoms with van der Waals surface area (Å²) in [7, 11) is 0. The molecule has 132 valence electrons. The van der Waals surface area contributed by atoms with E-state index in [1.54, 1.807) is 18.7 Å². The Morgan fingerprint density at radius 3 is 2.56 bits per heavy atom. The highest BCUT2D eigenvalue weighted by molar-refractivity contribution is 6.05. The van der Waals surface area contributed by atoms with Crippen molar-refractivity contribution in [3.8, 4) is 0 Å². The lowest BCUT2D eigenvalue weighted by molar-refractivity contribution is 0.0527. The molecule has 2 aromatic rings. The van der Waals surface area contributed by atoms with E-state index in [4.69, 9.17) is 14.5 Å². The van der Waals surface area contributed by atoms with Gasteiger partial charge in [0.1, 0.15) is 0 Å². The van der Waals surface area contributed by atoms with Gasteiger partial charge in [-0.25, -0.2) is 9.59 Å². The van der Waals surface area contributed by atoms with Crippen LogP contribution in [0.1, 0.15) is 35.5 Å². The van der Waals surface area contributed by atoms with E-state index in [0.29, 0.717) is 44.7 Å². The number of esters is 1. The van der Waals surface area contributed by atoms with Gasteiger partial charge in [-0.15, -0.1) is 0 Å². The zero-order valence-corrected chi connectivity index (χ0v) is 14.6. The Labute approximate surface area is 146 Å². The van der Waals surface area contributed by atoms with Crippen molar-refractivity contribution in [1.82, 2.24) is 9.88 Å². The number of nitrogens with zero attached hydrogens (tertiary/aromatic N) is 2. The largest absolute Gasteiger partial charge is 0.462 e. The van der Waals surface area contributed by atoms with Crippen molar-refractivity contribution in [3.63, 3.8) is 0 Å². The van der Waals surface area contributed by atoms with Crippen molar-refractivity contribution in [1.29, 1.82) is 0 Å². The van der Waals surface area contributed by atoms with Gasteiger partial charge < -0.3 is 14.4 Å². The summed E-state index contributed by atoms with van der Waals surface area (Å²) in [4.78, 5) is 31.1. The Morgan fingerprint density at radius 2 is 1.80 bits per heavy atom. The van der Waals surface area contributed by atoms with Crippen LogP contribution < -0.4 is 0 Å². The number of benzene rings is 1. The molecule has 25 heavy (non-hydrogen) atoms. The van der Waals surface area contributed by atoms with Gasteiger partial charge in [0.05, 0.1) is 24.3 Å². The van der Waals surface area contributed by atoms with Crippen LogP contribution in [0.2, 0.25) is 0 Å². The SMILES string of the molecule is CCOC(=O)c1c2c(nc3ccccc13)CCN(C(=O)OCC)CC2. The first-order valence-corrected chi connectivity index (χ1v) is 8.65. The lowest BCUT2D eigenvalue weighted by atomic mass is 9.97. The Hall–Kier alpha value is -2.63. The zero-order chi connectivity index (χ0) is 17.8. The van der Waals surface area contributed by atoms with Gasteiger partial charge in [-0.3, -0.25) is 4.98 Å². The molecule has 0 radical (unpaired) electrons. The number of ether oxygens (including phenoxy) is 2. The molecule has 0 fully saturated rings. The summed E-state index contributed by atoms with van der Waals surface area (Å²) in [6.45, 7) is 5.27. The third kappa shape index (κ3) is 3.43. The fraction of sp³-hybridized carbons (Fsp3) is 0.421. The summed E-state index contributed by atoms with van der Waals surface area (Å²) >= 11 is 0. The van der Waals surface area contributed by atoms with E-state index >= 15 is 0 Å². The molecule has 0 saturated heterocycles. The average molecular weight is 342 g/mol. The second kappa shape index (κ2) is 7.51. The summed E-state index contributed by atoms with van der Waals surface area (Å²) in [6, 6.07) is 7.58. The fourth-order valence-corrected chi connectivity index (χ4v) is 3.21. The molecule has 0 aliphatic carbocycles. The van der Waals surface area contributed by atoms with Crippen LogP contribution in [0.4, 0.5) is 4.79 Å². The van der Waals surface area contributed by atoms with E-state index < -0.39 is 0 Å². The molecule has 6 nitrogen and oxygen atoms in total. The number of pyridine rings is 1. The summed E-state index contributed by atoms with van der Waals surface area (Å²) in [6.07, 6.45) is 0.823. The number of carbonyl (C=O) groups is 2. The van der Waals surface area contributed by atoms with Crippen molar-refractivity contribution in [2.45, 2.75) is 26.7 Å².